The normalized spacial score (nSPS) is 15.4. The van der Waals surface area contributed by atoms with E-state index in [2.05, 4.69) is 17.4 Å². The maximum Gasteiger partial charge on any atom is 0.290 e. The molecule has 4 nitrogen and oxygen atoms in total. The number of amides is 2. The van der Waals surface area contributed by atoms with Crippen molar-refractivity contribution < 1.29 is 14.3 Å². The molecule has 3 rings (SSSR count). The van der Waals surface area contributed by atoms with E-state index in [9.17, 15) is 9.59 Å². The van der Waals surface area contributed by atoms with E-state index >= 15 is 0 Å². The van der Waals surface area contributed by atoms with E-state index in [1.807, 2.05) is 48.5 Å². The molecular formula is C20H19NO3S. The van der Waals surface area contributed by atoms with Crippen LogP contribution in [0.3, 0.4) is 0 Å². The van der Waals surface area contributed by atoms with Crippen LogP contribution in [0.4, 0.5) is 4.79 Å². The smallest absolute Gasteiger partial charge is 0.290 e. The van der Waals surface area contributed by atoms with Crippen molar-refractivity contribution in [2.75, 3.05) is 0 Å². The highest BCUT2D eigenvalue weighted by Gasteiger charge is 2.24. The van der Waals surface area contributed by atoms with Crippen LogP contribution in [-0.4, -0.2) is 11.1 Å². The summed E-state index contributed by atoms with van der Waals surface area (Å²) in [5.74, 6) is 0.571. The number of imide groups is 1. The van der Waals surface area contributed by atoms with Crippen LogP contribution in [0, 0.1) is 0 Å². The van der Waals surface area contributed by atoms with Crippen LogP contribution in [-0.2, 0) is 17.8 Å². The molecule has 2 amide bonds. The highest BCUT2D eigenvalue weighted by atomic mass is 32.2. The third-order valence-electron chi connectivity index (χ3n) is 3.81. The van der Waals surface area contributed by atoms with Gasteiger partial charge in [-0.05, 0) is 54.3 Å². The Bertz CT molecular complexity index is 769. The molecule has 0 atom stereocenters. The van der Waals surface area contributed by atoms with Crippen LogP contribution in [0.1, 0.15) is 24.0 Å². The Kier molecular flexibility index (Phi) is 5.90. The monoisotopic (exact) mass is 353 g/mol. The minimum atomic E-state index is -0.289. The number of ether oxygens (including phenoxy) is 1. The van der Waals surface area contributed by atoms with Crippen LogP contribution < -0.4 is 10.1 Å². The molecule has 25 heavy (non-hydrogen) atoms. The van der Waals surface area contributed by atoms with Gasteiger partial charge in [0, 0.05) is 0 Å². The Balaban J connectivity index is 1.42. The van der Waals surface area contributed by atoms with Crippen LogP contribution in [0.25, 0.3) is 0 Å². The third-order valence-corrected chi connectivity index (χ3v) is 4.67. The predicted octanol–water partition coefficient (Wildman–Crippen LogP) is 4.46. The first-order valence-electron chi connectivity index (χ1n) is 8.20. The molecule has 0 saturated carbocycles. The molecule has 2 aromatic rings. The van der Waals surface area contributed by atoms with Gasteiger partial charge in [-0.3, -0.25) is 14.9 Å². The number of aryl methyl sites for hydroxylation is 1. The number of rotatable bonds is 7. The molecule has 5 heteroatoms. The van der Waals surface area contributed by atoms with Crippen molar-refractivity contribution in [3.05, 3.63) is 76.7 Å². The second-order valence-corrected chi connectivity index (χ2v) is 6.74. The molecular weight excluding hydrogens is 334 g/mol. The summed E-state index contributed by atoms with van der Waals surface area (Å²) in [4.78, 5) is 23.0. The maximum atomic E-state index is 11.4. The van der Waals surface area contributed by atoms with E-state index < -0.39 is 0 Å². The molecule has 1 saturated heterocycles. The van der Waals surface area contributed by atoms with Gasteiger partial charge in [-0.1, -0.05) is 48.5 Å². The van der Waals surface area contributed by atoms with Gasteiger partial charge in [-0.25, -0.2) is 0 Å². The number of benzene rings is 2. The largest absolute Gasteiger partial charge is 0.489 e. The van der Waals surface area contributed by atoms with Crippen molar-refractivity contribution in [3.63, 3.8) is 0 Å². The number of thioether (sulfide) groups is 1. The van der Waals surface area contributed by atoms with E-state index in [4.69, 9.17) is 4.74 Å². The lowest BCUT2D eigenvalue weighted by molar-refractivity contribution is -0.115. The lowest BCUT2D eigenvalue weighted by Gasteiger charge is -2.07. The lowest BCUT2D eigenvalue weighted by Crippen LogP contribution is -2.17. The van der Waals surface area contributed by atoms with E-state index in [1.165, 1.54) is 5.56 Å². The van der Waals surface area contributed by atoms with Gasteiger partial charge in [0.25, 0.3) is 11.1 Å². The summed E-state index contributed by atoms with van der Waals surface area (Å²) >= 11 is 0.970. The van der Waals surface area contributed by atoms with Crippen molar-refractivity contribution >= 4 is 22.9 Å². The first-order chi connectivity index (χ1) is 12.2. The fraction of sp³-hybridized carbons (Fsp3) is 0.200. The van der Waals surface area contributed by atoms with E-state index in [-0.39, 0.29) is 11.1 Å². The van der Waals surface area contributed by atoms with Crippen molar-refractivity contribution in [1.82, 2.24) is 5.32 Å². The maximum absolute atomic E-state index is 11.4. The van der Waals surface area contributed by atoms with Gasteiger partial charge in [-0.2, -0.15) is 0 Å². The fourth-order valence-electron chi connectivity index (χ4n) is 2.49. The SMILES string of the molecule is O=C1NC(=O)C(=CCCCc2ccc(OCc3ccccc3)cc2)S1. The van der Waals surface area contributed by atoms with E-state index in [1.54, 1.807) is 0 Å². The Morgan fingerprint density at radius 3 is 2.40 bits per heavy atom. The number of unbranched alkanes of at least 4 members (excludes halogenated alkanes) is 1. The molecule has 0 aromatic heterocycles. The summed E-state index contributed by atoms with van der Waals surface area (Å²) in [5, 5.41) is 1.97. The molecule has 1 aliphatic heterocycles. The summed E-state index contributed by atoms with van der Waals surface area (Å²) in [6.45, 7) is 0.562. The Morgan fingerprint density at radius 2 is 1.72 bits per heavy atom. The zero-order valence-corrected chi connectivity index (χ0v) is 14.6. The zero-order chi connectivity index (χ0) is 17.5. The summed E-state index contributed by atoms with van der Waals surface area (Å²) in [7, 11) is 0. The summed E-state index contributed by atoms with van der Waals surface area (Å²) < 4.78 is 5.77. The molecule has 0 bridgehead atoms. The van der Waals surface area contributed by atoms with Crippen LogP contribution in [0.5, 0.6) is 5.75 Å². The van der Waals surface area contributed by atoms with Crippen molar-refractivity contribution in [1.29, 1.82) is 0 Å². The van der Waals surface area contributed by atoms with E-state index in [0.717, 1.165) is 42.3 Å². The number of allylic oxidation sites excluding steroid dienone is 1. The number of hydrogen-bond donors (Lipinski definition) is 1. The van der Waals surface area contributed by atoms with Crippen LogP contribution >= 0.6 is 11.8 Å². The molecule has 1 N–H and O–H groups in total. The second-order valence-electron chi connectivity index (χ2n) is 5.72. The molecule has 0 radical (unpaired) electrons. The fourth-order valence-corrected chi connectivity index (χ4v) is 3.18. The quantitative estimate of drug-likeness (QED) is 0.590. The van der Waals surface area contributed by atoms with Gasteiger partial charge in [0.15, 0.2) is 0 Å². The molecule has 0 aliphatic carbocycles. The molecule has 128 valence electrons. The summed E-state index contributed by atoms with van der Waals surface area (Å²) in [6, 6.07) is 18.2. The van der Waals surface area contributed by atoms with Crippen molar-refractivity contribution in [2.45, 2.75) is 25.9 Å². The highest BCUT2D eigenvalue weighted by Crippen LogP contribution is 2.24. The van der Waals surface area contributed by atoms with E-state index in [0.29, 0.717) is 11.5 Å². The van der Waals surface area contributed by atoms with Crippen molar-refractivity contribution in [2.24, 2.45) is 0 Å². The number of carbonyl (C=O) groups excluding carboxylic acids is 2. The minimum absolute atomic E-state index is 0.282. The van der Waals surface area contributed by atoms with Gasteiger partial charge >= 0.3 is 0 Å². The Morgan fingerprint density at radius 1 is 0.960 bits per heavy atom. The minimum Gasteiger partial charge on any atom is -0.489 e. The Hall–Kier alpha value is -2.53. The van der Waals surface area contributed by atoms with Crippen LogP contribution in [0.15, 0.2) is 65.6 Å². The standard InChI is InChI=1S/C20H19NO3S/c22-19-18(25-20(23)21-19)9-5-4-6-15-10-12-17(13-11-15)24-14-16-7-2-1-3-8-16/h1-3,7-13H,4-6,14H2,(H,21,22,23). The first-order valence-corrected chi connectivity index (χ1v) is 9.01. The topological polar surface area (TPSA) is 55.4 Å². The molecule has 1 aliphatic rings. The van der Waals surface area contributed by atoms with Gasteiger partial charge in [-0.15, -0.1) is 0 Å². The number of carbonyl (C=O) groups is 2. The summed E-state index contributed by atoms with van der Waals surface area (Å²) in [6.07, 6.45) is 4.45. The molecule has 1 fully saturated rings. The average Bonchev–Trinajstić information content (AvgIpc) is 2.96. The van der Waals surface area contributed by atoms with Gasteiger partial charge in [0.1, 0.15) is 12.4 Å². The number of hydrogen-bond acceptors (Lipinski definition) is 4. The third kappa shape index (κ3) is 5.22. The number of nitrogens with one attached hydrogen (secondary N) is 1. The predicted molar refractivity (Wildman–Crippen MR) is 99.4 cm³/mol. The zero-order valence-electron chi connectivity index (χ0n) is 13.7. The van der Waals surface area contributed by atoms with Crippen LogP contribution in [0.2, 0.25) is 0 Å². The van der Waals surface area contributed by atoms with Crippen molar-refractivity contribution in [3.8, 4) is 5.75 Å². The average molecular weight is 353 g/mol. The molecule has 1 heterocycles. The second kappa shape index (κ2) is 8.53. The molecule has 0 unspecified atom stereocenters. The van der Waals surface area contributed by atoms with Gasteiger partial charge in [0.05, 0.1) is 4.91 Å². The lowest BCUT2D eigenvalue weighted by atomic mass is 10.1. The first kappa shape index (κ1) is 17.3. The molecule has 2 aromatic carbocycles. The van der Waals surface area contributed by atoms with Gasteiger partial charge in [0.2, 0.25) is 0 Å². The highest BCUT2D eigenvalue weighted by molar-refractivity contribution is 8.18. The Labute approximate surface area is 151 Å². The summed E-state index contributed by atoms with van der Waals surface area (Å²) in [5.41, 5.74) is 2.37. The van der Waals surface area contributed by atoms with Gasteiger partial charge < -0.3 is 4.74 Å². The molecule has 0 spiro atoms.